The smallest absolute Gasteiger partial charge is 0.255 e. The molecule has 0 aliphatic carbocycles. The molecule has 34 heavy (non-hydrogen) atoms. The van der Waals surface area contributed by atoms with Crippen molar-refractivity contribution in [3.8, 4) is 11.5 Å². The van der Waals surface area contributed by atoms with E-state index in [2.05, 4.69) is 10.5 Å². The molecule has 8 nitrogen and oxygen atoms in total. The van der Waals surface area contributed by atoms with Crippen molar-refractivity contribution in [3.63, 3.8) is 0 Å². The lowest BCUT2D eigenvalue weighted by atomic mass is 10.2. The maximum atomic E-state index is 13.3. The van der Waals surface area contributed by atoms with Gasteiger partial charge in [-0.3, -0.25) is 4.79 Å². The number of nitrogens with zero attached hydrogens (tertiary/aromatic N) is 2. The molecule has 0 saturated heterocycles. The summed E-state index contributed by atoms with van der Waals surface area (Å²) < 4.78 is 45.9. The Bertz CT molecular complexity index is 1250. The highest BCUT2D eigenvalue weighted by Gasteiger charge is 2.26. The molecule has 0 atom stereocenters. The maximum absolute atomic E-state index is 13.3. The zero-order valence-corrected chi connectivity index (χ0v) is 19.2. The molecule has 2 N–H and O–H groups in total. The number of rotatable bonds is 10. The van der Waals surface area contributed by atoms with Gasteiger partial charge in [0, 0.05) is 6.54 Å². The summed E-state index contributed by atoms with van der Waals surface area (Å²) in [6.45, 7) is 1.50. The summed E-state index contributed by atoms with van der Waals surface area (Å²) in [7, 11) is -4.02. The first-order valence-corrected chi connectivity index (χ1v) is 11.8. The van der Waals surface area contributed by atoms with E-state index in [4.69, 9.17) is 4.74 Å². The minimum absolute atomic E-state index is 0.0226. The first-order valence-electron chi connectivity index (χ1n) is 10.4. The van der Waals surface area contributed by atoms with Gasteiger partial charge >= 0.3 is 0 Å². The van der Waals surface area contributed by atoms with Crippen molar-refractivity contribution in [1.29, 1.82) is 0 Å². The third-order valence-electron chi connectivity index (χ3n) is 4.66. The van der Waals surface area contributed by atoms with Crippen molar-refractivity contribution >= 4 is 22.1 Å². The normalized spacial score (nSPS) is 11.6. The number of hydrogen-bond donors (Lipinski definition) is 2. The van der Waals surface area contributed by atoms with Crippen molar-refractivity contribution in [2.24, 2.45) is 5.10 Å². The summed E-state index contributed by atoms with van der Waals surface area (Å²) in [5, 5.41) is 13.6. The van der Waals surface area contributed by atoms with Crippen LogP contribution in [0.25, 0.3) is 0 Å². The monoisotopic (exact) mass is 485 g/mol. The molecule has 0 radical (unpaired) electrons. The molecule has 0 unspecified atom stereocenters. The molecule has 3 rings (SSSR count). The fraction of sp³-hybridized carbons (Fsp3) is 0.167. The lowest BCUT2D eigenvalue weighted by Gasteiger charge is -2.21. The second-order valence-corrected chi connectivity index (χ2v) is 9.10. The lowest BCUT2D eigenvalue weighted by molar-refractivity contribution is -0.121. The summed E-state index contributed by atoms with van der Waals surface area (Å²) in [5.41, 5.74) is 3.38. The van der Waals surface area contributed by atoms with Gasteiger partial charge in [-0.15, -0.1) is 0 Å². The van der Waals surface area contributed by atoms with Gasteiger partial charge in [0.05, 0.1) is 24.3 Å². The van der Waals surface area contributed by atoms with Gasteiger partial charge in [0.15, 0.2) is 11.5 Å². The van der Waals surface area contributed by atoms with E-state index in [-0.39, 0.29) is 22.9 Å². The van der Waals surface area contributed by atoms with Crippen LogP contribution in [0.2, 0.25) is 0 Å². The summed E-state index contributed by atoms with van der Waals surface area (Å²) >= 11 is 0. The van der Waals surface area contributed by atoms with E-state index in [9.17, 15) is 22.7 Å². The number of amides is 1. The fourth-order valence-corrected chi connectivity index (χ4v) is 4.42. The van der Waals surface area contributed by atoms with Gasteiger partial charge in [-0.1, -0.05) is 30.3 Å². The molecule has 1 amide bonds. The summed E-state index contributed by atoms with van der Waals surface area (Å²) in [4.78, 5) is 12.6. The Morgan fingerprint density at radius 2 is 1.82 bits per heavy atom. The highest BCUT2D eigenvalue weighted by molar-refractivity contribution is 7.89. The molecule has 0 aromatic heterocycles. The Labute approximate surface area is 197 Å². The molecule has 3 aromatic carbocycles. The van der Waals surface area contributed by atoms with Crippen molar-refractivity contribution < 1.29 is 27.4 Å². The Balaban J connectivity index is 1.75. The molecule has 0 aliphatic heterocycles. The Kier molecular flexibility index (Phi) is 8.34. The van der Waals surface area contributed by atoms with Crippen LogP contribution in [-0.2, 0) is 21.4 Å². The van der Waals surface area contributed by atoms with Crippen molar-refractivity contribution in [2.45, 2.75) is 18.4 Å². The number of benzene rings is 3. The van der Waals surface area contributed by atoms with E-state index in [1.807, 2.05) is 0 Å². The van der Waals surface area contributed by atoms with Crippen LogP contribution >= 0.6 is 0 Å². The number of carbonyl (C=O) groups excluding carboxylic acids is 1. The third kappa shape index (κ3) is 6.63. The van der Waals surface area contributed by atoms with Gasteiger partial charge in [0.2, 0.25) is 10.0 Å². The van der Waals surface area contributed by atoms with Gasteiger partial charge in [-0.25, -0.2) is 18.2 Å². The van der Waals surface area contributed by atoms with Crippen LogP contribution in [0, 0.1) is 5.82 Å². The number of carbonyl (C=O) groups is 1. The highest BCUT2D eigenvalue weighted by Crippen LogP contribution is 2.26. The number of hydrazone groups is 1. The third-order valence-corrected chi connectivity index (χ3v) is 6.47. The number of halogens is 1. The summed E-state index contributed by atoms with van der Waals surface area (Å²) in [6, 6.07) is 17.7. The topological polar surface area (TPSA) is 108 Å². The van der Waals surface area contributed by atoms with E-state index in [0.717, 1.165) is 4.31 Å². The largest absolute Gasteiger partial charge is 0.504 e. The Hall–Kier alpha value is -3.76. The standard InChI is InChI=1S/C24H24FN3O5S/c1-2-33-23-14-19(10-13-22(23)29)15-26-27-24(30)17-28(16-18-8-11-20(25)12-9-18)34(31,32)21-6-4-3-5-7-21/h3-15,29H,2,16-17H2,1H3,(H,27,30)/b26-15-. The first kappa shape index (κ1) is 24.9. The van der Waals surface area contributed by atoms with E-state index in [1.165, 1.54) is 48.7 Å². The highest BCUT2D eigenvalue weighted by atomic mass is 32.2. The summed E-state index contributed by atoms with van der Waals surface area (Å²) in [6.07, 6.45) is 1.34. The van der Waals surface area contributed by atoms with Crippen molar-refractivity contribution in [3.05, 3.63) is 89.7 Å². The Morgan fingerprint density at radius 3 is 2.50 bits per heavy atom. The number of phenolic OH excluding ortho intramolecular Hbond substituents is 1. The molecule has 0 aliphatic rings. The van der Waals surface area contributed by atoms with Crippen molar-refractivity contribution in [2.75, 3.05) is 13.2 Å². The predicted octanol–water partition coefficient (Wildman–Crippen LogP) is 3.27. The zero-order valence-electron chi connectivity index (χ0n) is 18.4. The fourth-order valence-electron chi connectivity index (χ4n) is 3.02. The molecular formula is C24H24FN3O5S. The predicted molar refractivity (Wildman–Crippen MR) is 125 cm³/mol. The number of sulfonamides is 1. The molecule has 10 heteroatoms. The van der Waals surface area contributed by atoms with E-state index in [0.29, 0.717) is 17.7 Å². The molecule has 0 spiro atoms. The van der Waals surface area contributed by atoms with Gasteiger partial charge in [-0.05, 0) is 60.5 Å². The van der Waals surface area contributed by atoms with Crippen LogP contribution in [-0.4, -0.2) is 43.1 Å². The van der Waals surface area contributed by atoms with Crippen LogP contribution in [0.1, 0.15) is 18.1 Å². The average molecular weight is 486 g/mol. The molecule has 3 aromatic rings. The number of nitrogens with one attached hydrogen (secondary N) is 1. The Morgan fingerprint density at radius 1 is 1.12 bits per heavy atom. The number of ether oxygens (including phenoxy) is 1. The molecule has 178 valence electrons. The van der Waals surface area contributed by atoms with Gasteiger partial charge < -0.3 is 9.84 Å². The van der Waals surface area contributed by atoms with E-state index in [1.54, 1.807) is 37.3 Å². The van der Waals surface area contributed by atoms with Gasteiger partial charge in [0.25, 0.3) is 5.91 Å². The number of hydrogen-bond acceptors (Lipinski definition) is 6. The average Bonchev–Trinajstić information content (AvgIpc) is 2.83. The van der Waals surface area contributed by atoms with Crippen LogP contribution in [0.5, 0.6) is 11.5 Å². The van der Waals surface area contributed by atoms with Crippen LogP contribution < -0.4 is 10.2 Å². The second kappa shape index (κ2) is 11.4. The maximum Gasteiger partial charge on any atom is 0.255 e. The van der Waals surface area contributed by atoms with Crippen LogP contribution in [0.15, 0.2) is 82.8 Å². The van der Waals surface area contributed by atoms with Crippen LogP contribution in [0.4, 0.5) is 4.39 Å². The summed E-state index contributed by atoms with van der Waals surface area (Å²) in [5.74, 6) is -0.862. The number of aromatic hydroxyl groups is 1. The SMILES string of the molecule is CCOc1cc(/C=N\NC(=O)CN(Cc2ccc(F)cc2)S(=O)(=O)c2ccccc2)ccc1O. The van der Waals surface area contributed by atoms with Gasteiger partial charge in [0.1, 0.15) is 5.82 Å². The molecule has 0 bridgehead atoms. The first-order chi connectivity index (χ1) is 16.3. The van der Waals surface area contributed by atoms with Gasteiger partial charge in [-0.2, -0.15) is 9.41 Å². The van der Waals surface area contributed by atoms with E-state index < -0.39 is 28.3 Å². The number of phenols is 1. The molecule has 0 fully saturated rings. The quantitative estimate of drug-likeness (QED) is 0.339. The second-order valence-electron chi connectivity index (χ2n) is 7.17. The molecule has 0 heterocycles. The van der Waals surface area contributed by atoms with Crippen LogP contribution in [0.3, 0.4) is 0 Å². The minimum atomic E-state index is -4.02. The van der Waals surface area contributed by atoms with E-state index >= 15 is 0 Å². The van der Waals surface area contributed by atoms with Crippen molar-refractivity contribution in [1.82, 2.24) is 9.73 Å². The molecular weight excluding hydrogens is 461 g/mol. The zero-order chi connectivity index (χ0) is 24.6. The lowest BCUT2D eigenvalue weighted by Crippen LogP contribution is -2.39. The molecule has 0 saturated carbocycles. The minimum Gasteiger partial charge on any atom is -0.504 e.